The number of hydrogen-bond donors (Lipinski definition) is 4. The van der Waals surface area contributed by atoms with E-state index in [0.717, 1.165) is 64.7 Å². The molecule has 55 heavy (non-hydrogen) atoms. The maximum absolute atomic E-state index is 13.8. The molecule has 0 radical (unpaired) electrons. The second-order valence-electron chi connectivity index (χ2n) is 13.2. The Bertz CT molecular complexity index is 2540. The number of ether oxygens (including phenoxy) is 1. The number of thioether (sulfide) groups is 1. The first-order chi connectivity index (χ1) is 26.8. The van der Waals surface area contributed by atoms with Gasteiger partial charge in [0.15, 0.2) is 0 Å². The lowest BCUT2D eigenvalue weighted by Crippen LogP contribution is -2.49. The Morgan fingerprint density at radius 1 is 0.673 bits per heavy atom. The molecular weight excluding hydrogens is 711 g/mol. The Balaban J connectivity index is 1.28. The second-order valence-corrected chi connectivity index (χ2v) is 14.3. The van der Waals surface area contributed by atoms with Gasteiger partial charge in [-0.1, -0.05) is 133 Å². The van der Waals surface area contributed by atoms with Gasteiger partial charge in [-0.2, -0.15) is 0 Å². The van der Waals surface area contributed by atoms with E-state index in [1.54, 1.807) is 0 Å². The number of hydrogen-bond acceptors (Lipinski definition) is 7. The molecule has 5 N–H and O–H groups in total. The summed E-state index contributed by atoms with van der Waals surface area (Å²) in [6.45, 7) is -0.351. The molecule has 0 aliphatic rings. The highest BCUT2D eigenvalue weighted by Gasteiger charge is 2.26. The van der Waals surface area contributed by atoms with Crippen LogP contribution in [-0.2, 0) is 30.5 Å². The van der Waals surface area contributed by atoms with Crippen molar-refractivity contribution in [3.8, 4) is 11.1 Å². The minimum absolute atomic E-state index is 0.0522. The molecule has 0 bridgehead atoms. The van der Waals surface area contributed by atoms with Gasteiger partial charge in [-0.05, 0) is 60.6 Å². The van der Waals surface area contributed by atoms with E-state index in [2.05, 4.69) is 71.3 Å². The van der Waals surface area contributed by atoms with Gasteiger partial charge in [0, 0.05) is 22.6 Å². The number of rotatable bonds is 14. The van der Waals surface area contributed by atoms with Gasteiger partial charge in [-0.15, -0.1) is 11.8 Å². The van der Waals surface area contributed by atoms with Crippen LogP contribution in [-0.4, -0.2) is 53.2 Å². The number of carbonyl (C=O) groups excluding carboxylic acids is 3. The number of carbonyl (C=O) groups is 4. The van der Waals surface area contributed by atoms with Gasteiger partial charge in [0.25, 0.3) is 0 Å². The molecule has 276 valence electrons. The van der Waals surface area contributed by atoms with Crippen LogP contribution in [0.3, 0.4) is 0 Å². The van der Waals surface area contributed by atoms with Crippen LogP contribution in [0.1, 0.15) is 18.4 Å². The van der Waals surface area contributed by atoms with Gasteiger partial charge in [0.2, 0.25) is 11.8 Å². The van der Waals surface area contributed by atoms with E-state index in [-0.39, 0.29) is 25.2 Å². The first kappa shape index (κ1) is 37.1. The van der Waals surface area contributed by atoms with Crippen LogP contribution in [0.25, 0.3) is 54.2 Å². The Morgan fingerprint density at radius 3 is 1.82 bits per heavy atom. The Labute approximate surface area is 321 Å². The summed E-state index contributed by atoms with van der Waals surface area (Å²) < 4.78 is 5.36. The van der Waals surface area contributed by atoms with Crippen molar-refractivity contribution in [2.75, 3.05) is 12.3 Å². The smallest absolute Gasteiger partial charge is 0.325 e. The molecule has 0 aromatic heterocycles. The molecule has 0 spiro atoms. The summed E-state index contributed by atoms with van der Waals surface area (Å²) in [4.78, 5) is 51.9. The number of aliphatic carboxylic acids is 1. The highest BCUT2D eigenvalue weighted by atomic mass is 32.2. The normalized spacial score (nSPS) is 12.4. The number of benzene rings is 7. The molecular formula is C45H39N3O6S. The SMILES string of the molecule is N[C@@H](CCC(=O)N[C@@H](CSc1c(-c2ccccc2)c2c3ccccc3c3ccccc3c2c2ccccc12)C(=O)NCC(=O)OCc1ccccc1)C(=O)O. The largest absolute Gasteiger partial charge is 0.480 e. The maximum atomic E-state index is 13.8. The predicted molar refractivity (Wildman–Crippen MR) is 219 cm³/mol. The van der Waals surface area contributed by atoms with E-state index in [4.69, 9.17) is 10.5 Å². The standard InChI is InChI=1S/C45H39N3O6S/c46-36(45(52)53)23-24-38(49)48-37(44(51)47-25-39(50)54-26-28-13-3-1-4-14-28)27-55-43-35-22-12-11-21-34(35)41-32-19-9-7-17-30(32)31-18-8-10-20-33(31)42(41)40(43)29-15-5-2-6-16-29/h1-22,36-37H,23-27,46H2,(H,47,51)(H,48,49)(H,52,53)/t36-,37-/m0/s1. The quantitative estimate of drug-likeness (QED) is 0.0505. The van der Waals surface area contributed by atoms with Crippen LogP contribution in [0, 0.1) is 0 Å². The molecule has 0 aliphatic carbocycles. The number of fused-ring (bicyclic) bond motifs is 8. The zero-order valence-corrected chi connectivity index (χ0v) is 30.7. The number of nitrogens with two attached hydrogens (primary N) is 1. The fraction of sp³-hybridized carbons (Fsp3) is 0.156. The second kappa shape index (κ2) is 16.8. The van der Waals surface area contributed by atoms with Crippen LogP contribution >= 0.6 is 11.8 Å². The third-order valence-electron chi connectivity index (χ3n) is 9.61. The lowest BCUT2D eigenvalue weighted by molar-refractivity contribution is -0.145. The number of nitrogens with one attached hydrogen (secondary N) is 2. The first-order valence-corrected chi connectivity index (χ1v) is 19.0. The molecule has 7 rings (SSSR count). The van der Waals surface area contributed by atoms with Crippen LogP contribution in [0.4, 0.5) is 0 Å². The third-order valence-corrected chi connectivity index (χ3v) is 10.8. The Kier molecular flexibility index (Phi) is 11.4. The van der Waals surface area contributed by atoms with E-state index in [1.165, 1.54) is 11.8 Å². The third kappa shape index (κ3) is 8.16. The Morgan fingerprint density at radius 2 is 1.20 bits per heavy atom. The molecule has 0 aliphatic heterocycles. The van der Waals surface area contributed by atoms with Crippen LogP contribution in [0.2, 0.25) is 0 Å². The molecule has 2 atom stereocenters. The van der Waals surface area contributed by atoms with Gasteiger partial charge in [0.05, 0.1) is 0 Å². The average molecular weight is 750 g/mol. The van der Waals surface area contributed by atoms with Crippen LogP contribution in [0.15, 0.2) is 138 Å². The summed E-state index contributed by atoms with van der Waals surface area (Å²) in [6.07, 6.45) is -0.308. The molecule has 9 nitrogen and oxygen atoms in total. The van der Waals surface area contributed by atoms with Crippen molar-refractivity contribution < 1.29 is 29.0 Å². The number of carboxylic acid groups (broad SMARTS) is 1. The van der Waals surface area contributed by atoms with E-state index < -0.39 is 42.4 Å². The average Bonchev–Trinajstić information content (AvgIpc) is 3.22. The van der Waals surface area contributed by atoms with Crippen LogP contribution < -0.4 is 16.4 Å². The van der Waals surface area contributed by atoms with E-state index in [9.17, 15) is 24.3 Å². The van der Waals surface area contributed by atoms with E-state index in [1.807, 2.05) is 72.8 Å². The highest BCUT2D eigenvalue weighted by molar-refractivity contribution is 7.99. The molecule has 7 aromatic carbocycles. The van der Waals surface area contributed by atoms with E-state index in [0.29, 0.717) is 0 Å². The van der Waals surface area contributed by atoms with Crippen molar-refractivity contribution in [2.45, 2.75) is 36.4 Å². The molecule has 10 heteroatoms. The molecule has 0 saturated carbocycles. The fourth-order valence-corrected chi connectivity index (χ4v) is 8.22. The van der Waals surface area contributed by atoms with Crippen molar-refractivity contribution in [3.05, 3.63) is 139 Å². The Hall–Kier alpha value is -6.23. The van der Waals surface area contributed by atoms with Gasteiger partial charge in [-0.3, -0.25) is 19.2 Å². The van der Waals surface area contributed by atoms with Crippen molar-refractivity contribution in [1.29, 1.82) is 0 Å². The van der Waals surface area contributed by atoms with Gasteiger partial charge >= 0.3 is 11.9 Å². The molecule has 0 fully saturated rings. The molecule has 0 unspecified atom stereocenters. The summed E-state index contributed by atoms with van der Waals surface area (Å²) in [7, 11) is 0. The highest BCUT2D eigenvalue weighted by Crippen LogP contribution is 2.49. The molecule has 0 heterocycles. The van der Waals surface area contributed by atoms with Crippen molar-refractivity contribution >= 4 is 78.6 Å². The van der Waals surface area contributed by atoms with Gasteiger partial charge in [0.1, 0.15) is 25.2 Å². The lowest BCUT2D eigenvalue weighted by atomic mass is 9.86. The van der Waals surface area contributed by atoms with Crippen LogP contribution in [0.5, 0.6) is 0 Å². The monoisotopic (exact) mass is 749 g/mol. The maximum Gasteiger partial charge on any atom is 0.325 e. The summed E-state index contributed by atoms with van der Waals surface area (Å²) in [5.41, 5.74) is 8.48. The summed E-state index contributed by atoms with van der Waals surface area (Å²) in [5.74, 6) is -2.87. The molecule has 2 amide bonds. The zero-order valence-electron chi connectivity index (χ0n) is 29.9. The summed E-state index contributed by atoms with van der Waals surface area (Å²) in [6, 6.07) is 42.1. The topological polar surface area (TPSA) is 148 Å². The zero-order chi connectivity index (χ0) is 38.3. The number of carboxylic acids is 1. The van der Waals surface area contributed by atoms with Crippen molar-refractivity contribution in [2.24, 2.45) is 5.73 Å². The van der Waals surface area contributed by atoms with E-state index >= 15 is 0 Å². The summed E-state index contributed by atoms with van der Waals surface area (Å²) >= 11 is 1.44. The lowest BCUT2D eigenvalue weighted by Gasteiger charge is -2.23. The molecule has 7 aromatic rings. The first-order valence-electron chi connectivity index (χ1n) is 18.0. The summed E-state index contributed by atoms with van der Waals surface area (Å²) in [5, 5.41) is 23.4. The van der Waals surface area contributed by atoms with Crippen molar-refractivity contribution in [1.82, 2.24) is 10.6 Å². The molecule has 0 saturated heterocycles. The van der Waals surface area contributed by atoms with Gasteiger partial charge < -0.3 is 26.2 Å². The predicted octanol–water partition coefficient (Wildman–Crippen LogP) is 7.60. The van der Waals surface area contributed by atoms with Crippen molar-refractivity contribution in [3.63, 3.8) is 0 Å². The minimum Gasteiger partial charge on any atom is -0.480 e. The van der Waals surface area contributed by atoms with Gasteiger partial charge in [-0.25, -0.2) is 0 Å². The minimum atomic E-state index is -1.23. The fourth-order valence-electron chi connectivity index (χ4n) is 6.96. The number of amides is 2. The number of esters is 1.